The highest BCUT2D eigenvalue weighted by atomic mass is 35.5. The van der Waals surface area contributed by atoms with Gasteiger partial charge in [0.25, 0.3) is 0 Å². The lowest BCUT2D eigenvalue weighted by Crippen LogP contribution is -2.52. The molecule has 0 unspecified atom stereocenters. The second-order valence-corrected chi connectivity index (χ2v) is 6.16. The maximum atomic E-state index is 12.6. The SMILES string of the molecule is CNC(=O)C[C@@]1(COC)CCCN1C(=O)CCc1cc(Cl)no1. The molecule has 1 N–H and O–H groups in total. The molecule has 0 bridgehead atoms. The normalized spacial score (nSPS) is 20.7. The summed E-state index contributed by atoms with van der Waals surface area (Å²) in [4.78, 5) is 26.3. The summed E-state index contributed by atoms with van der Waals surface area (Å²) >= 11 is 5.70. The lowest BCUT2D eigenvalue weighted by atomic mass is 9.92. The van der Waals surface area contributed by atoms with Crippen molar-refractivity contribution in [1.82, 2.24) is 15.4 Å². The van der Waals surface area contributed by atoms with E-state index < -0.39 is 5.54 Å². The molecular formula is C15H22ClN3O4. The van der Waals surface area contributed by atoms with Gasteiger partial charge in [-0.15, -0.1) is 0 Å². The van der Waals surface area contributed by atoms with Crippen LogP contribution in [-0.2, 0) is 20.7 Å². The second-order valence-electron chi connectivity index (χ2n) is 5.77. The topological polar surface area (TPSA) is 84.7 Å². The number of hydrogen-bond acceptors (Lipinski definition) is 5. The van der Waals surface area contributed by atoms with E-state index in [9.17, 15) is 9.59 Å². The quantitative estimate of drug-likeness (QED) is 0.809. The van der Waals surface area contributed by atoms with Crippen molar-refractivity contribution in [2.75, 3.05) is 27.3 Å². The van der Waals surface area contributed by atoms with Crippen LogP contribution in [0.25, 0.3) is 0 Å². The third-order valence-corrected chi connectivity index (χ3v) is 4.37. The molecule has 7 nitrogen and oxygen atoms in total. The number of aryl methyl sites for hydroxylation is 1. The number of nitrogens with zero attached hydrogens (tertiary/aromatic N) is 2. The van der Waals surface area contributed by atoms with Crippen LogP contribution in [0.2, 0.25) is 5.15 Å². The van der Waals surface area contributed by atoms with Crippen LogP contribution in [0.4, 0.5) is 0 Å². The molecule has 128 valence electrons. The molecule has 2 rings (SSSR count). The van der Waals surface area contributed by atoms with E-state index in [2.05, 4.69) is 10.5 Å². The summed E-state index contributed by atoms with van der Waals surface area (Å²) in [6.45, 7) is 0.983. The van der Waals surface area contributed by atoms with Crippen molar-refractivity contribution in [3.05, 3.63) is 17.0 Å². The maximum Gasteiger partial charge on any atom is 0.223 e. The van der Waals surface area contributed by atoms with Gasteiger partial charge in [-0.2, -0.15) is 0 Å². The number of aromatic nitrogens is 1. The van der Waals surface area contributed by atoms with Gasteiger partial charge in [0.05, 0.1) is 18.6 Å². The summed E-state index contributed by atoms with van der Waals surface area (Å²) < 4.78 is 10.3. The number of amides is 2. The van der Waals surface area contributed by atoms with E-state index in [0.29, 0.717) is 25.3 Å². The smallest absolute Gasteiger partial charge is 0.223 e. The summed E-state index contributed by atoms with van der Waals surface area (Å²) in [6.07, 6.45) is 2.58. The molecule has 1 fully saturated rings. The molecule has 0 aliphatic carbocycles. The van der Waals surface area contributed by atoms with Crippen LogP contribution in [0, 0.1) is 0 Å². The van der Waals surface area contributed by atoms with E-state index >= 15 is 0 Å². The summed E-state index contributed by atoms with van der Waals surface area (Å²) in [5.41, 5.74) is -0.564. The van der Waals surface area contributed by atoms with Crippen molar-refractivity contribution in [3.8, 4) is 0 Å². The number of carbonyl (C=O) groups excluding carboxylic acids is 2. The number of likely N-dealkylation sites (tertiary alicyclic amines) is 1. The minimum absolute atomic E-state index is 0.0176. The number of hydrogen-bond donors (Lipinski definition) is 1. The fraction of sp³-hybridized carbons (Fsp3) is 0.667. The minimum atomic E-state index is -0.564. The van der Waals surface area contributed by atoms with Crippen molar-refractivity contribution >= 4 is 23.4 Å². The Kier molecular flexibility index (Phi) is 6.01. The first kappa shape index (κ1) is 17.7. The van der Waals surface area contributed by atoms with Gasteiger partial charge in [0, 0.05) is 39.6 Å². The van der Waals surface area contributed by atoms with Crippen LogP contribution in [0.1, 0.15) is 31.4 Å². The number of rotatable bonds is 7. The predicted molar refractivity (Wildman–Crippen MR) is 84.1 cm³/mol. The van der Waals surface area contributed by atoms with E-state index in [1.807, 2.05) is 0 Å². The van der Waals surface area contributed by atoms with Gasteiger partial charge in [0.15, 0.2) is 5.15 Å². The summed E-state index contributed by atoms with van der Waals surface area (Å²) in [5, 5.41) is 6.50. The van der Waals surface area contributed by atoms with E-state index in [-0.39, 0.29) is 29.8 Å². The van der Waals surface area contributed by atoms with Crippen LogP contribution in [-0.4, -0.2) is 54.7 Å². The van der Waals surface area contributed by atoms with Gasteiger partial charge in [-0.3, -0.25) is 9.59 Å². The Morgan fingerprint density at radius 3 is 2.96 bits per heavy atom. The van der Waals surface area contributed by atoms with Crippen molar-refractivity contribution in [1.29, 1.82) is 0 Å². The fourth-order valence-electron chi connectivity index (χ4n) is 3.14. The van der Waals surface area contributed by atoms with Crippen molar-refractivity contribution < 1.29 is 18.8 Å². The first-order chi connectivity index (χ1) is 11.0. The lowest BCUT2D eigenvalue weighted by molar-refractivity contribution is -0.139. The molecule has 1 aliphatic rings. The monoisotopic (exact) mass is 343 g/mol. The van der Waals surface area contributed by atoms with Gasteiger partial charge in [-0.25, -0.2) is 0 Å². The van der Waals surface area contributed by atoms with E-state index in [0.717, 1.165) is 12.8 Å². The maximum absolute atomic E-state index is 12.6. The number of nitrogens with one attached hydrogen (secondary N) is 1. The third-order valence-electron chi connectivity index (χ3n) is 4.19. The Bertz CT molecular complexity index is 563. The lowest BCUT2D eigenvalue weighted by Gasteiger charge is -2.37. The summed E-state index contributed by atoms with van der Waals surface area (Å²) in [6, 6.07) is 1.60. The van der Waals surface area contributed by atoms with Gasteiger partial charge in [-0.05, 0) is 12.8 Å². The largest absolute Gasteiger partial charge is 0.382 e. The molecular weight excluding hydrogens is 322 g/mol. The molecule has 0 aromatic carbocycles. The Morgan fingerprint density at radius 2 is 2.35 bits per heavy atom. The molecule has 1 saturated heterocycles. The van der Waals surface area contributed by atoms with Crippen LogP contribution >= 0.6 is 11.6 Å². The first-order valence-electron chi connectivity index (χ1n) is 7.62. The van der Waals surface area contributed by atoms with Crippen LogP contribution in [0.5, 0.6) is 0 Å². The van der Waals surface area contributed by atoms with Crippen molar-refractivity contribution in [2.45, 2.75) is 37.6 Å². The first-order valence-corrected chi connectivity index (χ1v) is 7.99. The van der Waals surface area contributed by atoms with Crippen LogP contribution in [0.15, 0.2) is 10.6 Å². The third kappa shape index (κ3) is 4.23. The van der Waals surface area contributed by atoms with E-state index in [1.165, 1.54) is 0 Å². The molecule has 1 aromatic heterocycles. The zero-order valence-electron chi connectivity index (χ0n) is 13.4. The summed E-state index contributed by atoms with van der Waals surface area (Å²) in [5.74, 6) is 0.464. The zero-order valence-corrected chi connectivity index (χ0v) is 14.2. The highest BCUT2D eigenvalue weighted by Crippen LogP contribution is 2.33. The number of methoxy groups -OCH3 is 1. The van der Waals surface area contributed by atoms with Crippen molar-refractivity contribution in [3.63, 3.8) is 0 Å². The molecule has 1 atom stereocenters. The Labute approximate surface area is 140 Å². The Balaban J connectivity index is 2.04. The van der Waals surface area contributed by atoms with Gasteiger partial charge in [-0.1, -0.05) is 16.8 Å². The van der Waals surface area contributed by atoms with E-state index in [1.54, 1.807) is 25.1 Å². The second kappa shape index (κ2) is 7.79. The van der Waals surface area contributed by atoms with Crippen LogP contribution < -0.4 is 5.32 Å². The van der Waals surface area contributed by atoms with Crippen LogP contribution in [0.3, 0.4) is 0 Å². The molecule has 0 radical (unpaired) electrons. The van der Waals surface area contributed by atoms with Gasteiger partial charge >= 0.3 is 0 Å². The fourth-order valence-corrected chi connectivity index (χ4v) is 3.30. The molecule has 0 saturated carbocycles. The Hall–Kier alpha value is -1.60. The highest BCUT2D eigenvalue weighted by molar-refractivity contribution is 6.29. The van der Waals surface area contributed by atoms with E-state index in [4.69, 9.17) is 20.9 Å². The number of ether oxygens (including phenoxy) is 1. The molecule has 2 amide bonds. The highest BCUT2D eigenvalue weighted by Gasteiger charge is 2.44. The summed E-state index contributed by atoms with van der Waals surface area (Å²) in [7, 11) is 3.18. The molecule has 8 heteroatoms. The molecule has 23 heavy (non-hydrogen) atoms. The number of carbonyl (C=O) groups is 2. The minimum Gasteiger partial charge on any atom is -0.382 e. The average Bonchev–Trinajstić information content (AvgIpc) is 3.12. The standard InChI is InChI=1S/C15H22ClN3O4/c1-17-13(20)9-15(10-22-2)6-3-7-19(15)14(21)5-4-11-8-12(16)18-23-11/h8H,3-7,9-10H2,1-2H3,(H,17,20)/t15-/m1/s1. The van der Waals surface area contributed by atoms with Gasteiger partial charge in [0.1, 0.15) is 5.76 Å². The zero-order chi connectivity index (χ0) is 16.9. The molecule has 2 heterocycles. The molecule has 1 aromatic rings. The average molecular weight is 344 g/mol. The van der Waals surface area contributed by atoms with Gasteiger partial charge in [0.2, 0.25) is 11.8 Å². The Morgan fingerprint density at radius 1 is 1.57 bits per heavy atom. The number of halogens is 1. The molecule has 1 aliphatic heterocycles. The van der Waals surface area contributed by atoms with Crippen molar-refractivity contribution in [2.24, 2.45) is 0 Å². The molecule has 0 spiro atoms. The predicted octanol–water partition coefficient (Wildman–Crippen LogP) is 1.40. The van der Waals surface area contributed by atoms with Gasteiger partial charge < -0.3 is 19.5 Å².